The molecular formula is C28H29F6N7OS. The Morgan fingerprint density at radius 1 is 0.860 bits per heavy atom. The van der Waals surface area contributed by atoms with Crippen LogP contribution < -0.4 is 16.0 Å². The van der Waals surface area contributed by atoms with Crippen LogP contribution in [0.3, 0.4) is 0 Å². The zero-order chi connectivity index (χ0) is 30.6. The number of fused-ring (bicyclic) bond motifs is 1. The lowest BCUT2D eigenvalue weighted by molar-refractivity contribution is -0.143. The minimum absolute atomic E-state index is 0.123. The standard InChI is InChI=1S/C24H19F6N5OS.C4H10N2/c25-23(26,27)17-3-2-15(18(11-17)24(28,29)30)13-35-19-4-1-14(9-16(19)12-32-35)10-20-21(36)33-22(37-20)34-7-5-31-6-8-34;1-2-6-4-3-5-1/h1-4,9-12,31H,5-8,13H2;5-6H,1-4H2. The molecule has 2 fully saturated rings. The van der Waals surface area contributed by atoms with Gasteiger partial charge in [0.15, 0.2) is 5.17 Å². The number of thioether (sulfide) groups is 1. The Morgan fingerprint density at radius 3 is 2.16 bits per heavy atom. The maximum Gasteiger partial charge on any atom is 0.416 e. The van der Waals surface area contributed by atoms with Crippen LogP contribution in [0.15, 0.2) is 52.5 Å². The Kier molecular flexibility index (Phi) is 9.44. The van der Waals surface area contributed by atoms with Gasteiger partial charge in [-0.2, -0.15) is 36.4 Å². The van der Waals surface area contributed by atoms with E-state index in [9.17, 15) is 31.1 Å². The van der Waals surface area contributed by atoms with E-state index in [0.717, 1.165) is 58.4 Å². The lowest BCUT2D eigenvalue weighted by Crippen LogP contribution is -2.45. The van der Waals surface area contributed by atoms with Crippen molar-refractivity contribution in [1.29, 1.82) is 0 Å². The first-order chi connectivity index (χ1) is 20.5. The molecule has 0 bridgehead atoms. The van der Waals surface area contributed by atoms with E-state index in [0.29, 0.717) is 32.6 Å². The van der Waals surface area contributed by atoms with E-state index in [4.69, 9.17) is 0 Å². The Hall–Kier alpha value is -3.40. The first-order valence-electron chi connectivity index (χ1n) is 13.6. The molecule has 0 radical (unpaired) electrons. The third-order valence-electron chi connectivity index (χ3n) is 6.98. The largest absolute Gasteiger partial charge is 0.416 e. The zero-order valence-electron chi connectivity index (χ0n) is 22.9. The molecule has 3 aliphatic heterocycles. The van der Waals surface area contributed by atoms with Crippen molar-refractivity contribution in [3.05, 3.63) is 69.8 Å². The number of carbonyl (C=O) groups is 1. The van der Waals surface area contributed by atoms with E-state index < -0.39 is 23.5 Å². The third-order valence-corrected chi connectivity index (χ3v) is 8.02. The van der Waals surface area contributed by atoms with Crippen LogP contribution >= 0.6 is 11.8 Å². The molecule has 0 atom stereocenters. The summed E-state index contributed by atoms with van der Waals surface area (Å²) in [7, 11) is 0. The number of rotatable bonds is 3. The molecule has 6 rings (SSSR count). The fraction of sp³-hybridized carbons (Fsp3) is 0.393. The van der Waals surface area contributed by atoms with E-state index >= 15 is 0 Å². The number of amidine groups is 1. The number of carbonyl (C=O) groups excluding carboxylic acids is 1. The molecule has 1 aromatic heterocycles. The number of aromatic nitrogens is 2. The van der Waals surface area contributed by atoms with Crippen LogP contribution in [0, 0.1) is 0 Å². The Bertz CT molecular complexity index is 1510. The summed E-state index contributed by atoms with van der Waals surface area (Å²) in [4.78, 5) is 19.1. The van der Waals surface area contributed by atoms with Gasteiger partial charge in [-0.05, 0) is 53.2 Å². The van der Waals surface area contributed by atoms with Gasteiger partial charge in [-0.25, -0.2) is 0 Å². The molecule has 3 N–H and O–H groups in total. The van der Waals surface area contributed by atoms with Crippen molar-refractivity contribution >= 4 is 39.8 Å². The molecule has 43 heavy (non-hydrogen) atoms. The van der Waals surface area contributed by atoms with Crippen molar-refractivity contribution in [2.45, 2.75) is 18.9 Å². The smallest absolute Gasteiger partial charge is 0.348 e. The number of amides is 1. The Balaban J connectivity index is 0.000000548. The van der Waals surface area contributed by atoms with E-state index in [2.05, 4.69) is 26.0 Å². The molecule has 0 unspecified atom stereocenters. The van der Waals surface area contributed by atoms with Crippen molar-refractivity contribution < 1.29 is 31.1 Å². The van der Waals surface area contributed by atoms with Gasteiger partial charge in [-0.1, -0.05) is 12.1 Å². The number of alkyl halides is 6. The molecule has 3 aliphatic rings. The number of piperazine rings is 2. The van der Waals surface area contributed by atoms with Gasteiger partial charge in [0.2, 0.25) is 0 Å². The van der Waals surface area contributed by atoms with E-state index in [1.807, 2.05) is 4.90 Å². The summed E-state index contributed by atoms with van der Waals surface area (Å²) in [6.07, 6.45) is -6.70. The van der Waals surface area contributed by atoms with Gasteiger partial charge in [0, 0.05) is 57.7 Å². The van der Waals surface area contributed by atoms with Gasteiger partial charge < -0.3 is 20.9 Å². The van der Waals surface area contributed by atoms with Crippen molar-refractivity contribution in [2.75, 3.05) is 52.4 Å². The van der Waals surface area contributed by atoms with Crippen molar-refractivity contribution in [3.8, 4) is 0 Å². The second-order valence-electron chi connectivity index (χ2n) is 10.0. The second kappa shape index (κ2) is 13.1. The van der Waals surface area contributed by atoms with Gasteiger partial charge in [0.1, 0.15) is 0 Å². The fourth-order valence-corrected chi connectivity index (χ4v) is 5.75. The summed E-state index contributed by atoms with van der Waals surface area (Å²) in [5.74, 6) is -0.337. The van der Waals surface area contributed by atoms with Gasteiger partial charge in [-0.15, -0.1) is 0 Å². The Morgan fingerprint density at radius 2 is 1.53 bits per heavy atom. The maximum absolute atomic E-state index is 13.5. The van der Waals surface area contributed by atoms with Gasteiger partial charge >= 0.3 is 12.4 Å². The number of halogens is 6. The van der Waals surface area contributed by atoms with Gasteiger partial charge in [-0.3, -0.25) is 9.48 Å². The minimum Gasteiger partial charge on any atom is -0.348 e. The monoisotopic (exact) mass is 625 g/mol. The average molecular weight is 626 g/mol. The van der Waals surface area contributed by atoms with Crippen LogP contribution in [0.25, 0.3) is 17.0 Å². The van der Waals surface area contributed by atoms with Gasteiger partial charge in [0.25, 0.3) is 5.91 Å². The van der Waals surface area contributed by atoms with Crippen molar-refractivity contribution in [2.24, 2.45) is 4.99 Å². The topological polar surface area (TPSA) is 86.6 Å². The highest BCUT2D eigenvalue weighted by atomic mass is 32.2. The molecule has 3 aromatic rings. The molecule has 4 heterocycles. The molecule has 2 aromatic carbocycles. The molecule has 0 spiro atoms. The minimum atomic E-state index is -4.96. The van der Waals surface area contributed by atoms with Crippen LogP contribution in [0.5, 0.6) is 0 Å². The van der Waals surface area contributed by atoms with Crippen molar-refractivity contribution in [3.63, 3.8) is 0 Å². The maximum atomic E-state index is 13.5. The zero-order valence-corrected chi connectivity index (χ0v) is 23.7. The summed E-state index contributed by atoms with van der Waals surface area (Å²) < 4.78 is 80.8. The highest BCUT2D eigenvalue weighted by Gasteiger charge is 2.38. The first kappa shape index (κ1) is 31.0. The summed E-state index contributed by atoms with van der Waals surface area (Å²) in [5, 5.41) is 15.1. The number of aliphatic imine (C=N–C) groups is 1. The van der Waals surface area contributed by atoms with Crippen molar-refractivity contribution in [1.82, 2.24) is 30.6 Å². The number of nitrogens with one attached hydrogen (secondary N) is 3. The van der Waals surface area contributed by atoms with Crippen LogP contribution in [0.4, 0.5) is 26.3 Å². The Labute approximate surface area is 247 Å². The molecule has 2 saturated heterocycles. The molecule has 1 amide bonds. The number of nitrogens with zero attached hydrogens (tertiary/aromatic N) is 4. The van der Waals surface area contributed by atoms with E-state index in [1.165, 1.54) is 22.6 Å². The molecule has 0 saturated carbocycles. The van der Waals surface area contributed by atoms with Crippen LogP contribution in [-0.2, 0) is 23.7 Å². The summed E-state index contributed by atoms with van der Waals surface area (Å²) in [5.41, 5.74) is -1.87. The number of hydrogen-bond acceptors (Lipinski definition) is 7. The molecule has 8 nitrogen and oxygen atoms in total. The summed E-state index contributed by atoms with van der Waals surface area (Å²) in [6, 6.07) is 6.67. The second-order valence-corrected chi connectivity index (χ2v) is 11.0. The van der Waals surface area contributed by atoms with E-state index in [-0.39, 0.29) is 24.1 Å². The summed E-state index contributed by atoms with van der Waals surface area (Å²) in [6.45, 7) is 7.32. The predicted molar refractivity (Wildman–Crippen MR) is 153 cm³/mol. The molecule has 230 valence electrons. The third kappa shape index (κ3) is 7.77. The highest BCUT2D eigenvalue weighted by Crippen LogP contribution is 2.38. The first-order valence-corrected chi connectivity index (χ1v) is 14.4. The lowest BCUT2D eigenvalue weighted by Gasteiger charge is -2.27. The fourth-order valence-electron chi connectivity index (χ4n) is 4.78. The van der Waals surface area contributed by atoms with Gasteiger partial charge in [0.05, 0.1) is 34.3 Å². The van der Waals surface area contributed by atoms with Crippen LogP contribution in [0.1, 0.15) is 22.3 Å². The van der Waals surface area contributed by atoms with Crippen LogP contribution in [0.2, 0.25) is 0 Å². The predicted octanol–water partition coefficient (Wildman–Crippen LogP) is 4.18. The summed E-state index contributed by atoms with van der Waals surface area (Å²) >= 11 is 1.29. The number of benzene rings is 2. The SMILES string of the molecule is C1CNCCN1.O=C1N=C(N2CCNCC2)SC1=Cc1ccc2c(cnn2Cc2ccc(C(F)(F)F)cc2C(F)(F)F)c1. The number of hydrogen-bond donors (Lipinski definition) is 3. The molecule has 0 aliphatic carbocycles. The molecule has 15 heteroatoms. The average Bonchev–Trinajstić information content (AvgIpc) is 3.56. The van der Waals surface area contributed by atoms with E-state index in [1.54, 1.807) is 24.3 Å². The highest BCUT2D eigenvalue weighted by molar-refractivity contribution is 8.18. The molecular weight excluding hydrogens is 596 g/mol. The quantitative estimate of drug-likeness (QED) is 0.298. The normalized spacial score (nSPS) is 19.0. The van der Waals surface area contributed by atoms with Crippen LogP contribution in [-0.4, -0.2) is 78.1 Å². The lowest BCUT2D eigenvalue weighted by atomic mass is 10.0.